The molecular formula is C21H27N3O2. The van der Waals surface area contributed by atoms with E-state index in [-0.39, 0.29) is 11.9 Å². The van der Waals surface area contributed by atoms with Crippen molar-refractivity contribution >= 4 is 5.97 Å². The normalized spacial score (nSPS) is 20.1. The van der Waals surface area contributed by atoms with E-state index in [1.54, 1.807) is 0 Å². The number of esters is 1. The molecular weight excluding hydrogens is 326 g/mol. The molecule has 0 spiro atoms. The van der Waals surface area contributed by atoms with Gasteiger partial charge in [0.2, 0.25) is 0 Å². The summed E-state index contributed by atoms with van der Waals surface area (Å²) < 4.78 is 7.36. The van der Waals surface area contributed by atoms with Crippen molar-refractivity contribution in [2.45, 2.75) is 45.6 Å². The number of hydrogen-bond donors (Lipinski definition) is 0. The quantitative estimate of drug-likeness (QED) is 0.775. The summed E-state index contributed by atoms with van der Waals surface area (Å²) in [4.78, 5) is 14.5. The molecule has 26 heavy (non-hydrogen) atoms. The molecule has 138 valence electrons. The van der Waals surface area contributed by atoms with E-state index >= 15 is 0 Å². The Labute approximate surface area is 154 Å². The number of carbonyl (C=O) groups excluding carboxylic acids is 1. The minimum absolute atomic E-state index is 0.00737. The predicted molar refractivity (Wildman–Crippen MR) is 100 cm³/mol. The van der Waals surface area contributed by atoms with Crippen LogP contribution in [0.3, 0.4) is 0 Å². The Kier molecular flexibility index (Phi) is 5.07. The Balaban J connectivity index is 1.53. The van der Waals surface area contributed by atoms with Gasteiger partial charge in [0.05, 0.1) is 23.9 Å². The van der Waals surface area contributed by atoms with E-state index in [2.05, 4.69) is 33.8 Å². The van der Waals surface area contributed by atoms with Crippen LogP contribution >= 0.6 is 0 Å². The summed E-state index contributed by atoms with van der Waals surface area (Å²) >= 11 is 0. The molecule has 5 heteroatoms. The molecule has 1 atom stereocenters. The number of hydrogen-bond acceptors (Lipinski definition) is 4. The second-order valence-corrected chi connectivity index (χ2v) is 7.30. The summed E-state index contributed by atoms with van der Waals surface area (Å²) in [5.74, 6) is -0.0369. The van der Waals surface area contributed by atoms with Gasteiger partial charge in [0.1, 0.15) is 0 Å². The molecule has 2 aromatic rings. The molecule has 1 fully saturated rings. The highest BCUT2D eigenvalue weighted by Crippen LogP contribution is 2.29. The number of aromatic nitrogens is 2. The van der Waals surface area contributed by atoms with Gasteiger partial charge in [-0.2, -0.15) is 5.10 Å². The lowest BCUT2D eigenvalue weighted by atomic mass is 9.98. The number of rotatable bonds is 5. The van der Waals surface area contributed by atoms with Crippen LogP contribution < -0.4 is 0 Å². The van der Waals surface area contributed by atoms with Gasteiger partial charge < -0.3 is 4.74 Å². The Morgan fingerprint density at radius 2 is 2.08 bits per heavy atom. The first-order valence-electron chi connectivity index (χ1n) is 9.80. The molecule has 0 amide bonds. The molecule has 0 unspecified atom stereocenters. The number of ether oxygens (including phenoxy) is 1. The van der Waals surface area contributed by atoms with Crippen LogP contribution in [0.4, 0.5) is 0 Å². The Bertz CT molecular complexity index is 769. The number of fused-ring (bicyclic) bond motifs is 1. The van der Waals surface area contributed by atoms with Crippen molar-refractivity contribution in [1.82, 2.24) is 14.7 Å². The zero-order chi connectivity index (χ0) is 17.9. The number of para-hydroxylation sites is 1. The van der Waals surface area contributed by atoms with Crippen LogP contribution in [0.1, 0.15) is 43.1 Å². The molecule has 2 heterocycles. The third-order valence-electron chi connectivity index (χ3n) is 5.51. The third kappa shape index (κ3) is 3.40. The number of piperidine rings is 1. The molecule has 4 rings (SSSR count). The summed E-state index contributed by atoms with van der Waals surface area (Å²) in [6, 6.07) is 10.4. The van der Waals surface area contributed by atoms with Gasteiger partial charge in [-0.25, -0.2) is 4.68 Å². The van der Waals surface area contributed by atoms with Crippen molar-refractivity contribution < 1.29 is 9.53 Å². The highest BCUT2D eigenvalue weighted by atomic mass is 16.5. The Morgan fingerprint density at radius 3 is 2.88 bits per heavy atom. The highest BCUT2D eigenvalue weighted by molar-refractivity contribution is 5.72. The van der Waals surface area contributed by atoms with E-state index in [4.69, 9.17) is 9.84 Å². The summed E-state index contributed by atoms with van der Waals surface area (Å²) in [6.07, 6.45) is 5.41. The number of benzene rings is 1. The monoisotopic (exact) mass is 353 g/mol. The van der Waals surface area contributed by atoms with Crippen LogP contribution in [0, 0.1) is 5.92 Å². The topological polar surface area (TPSA) is 47.4 Å². The van der Waals surface area contributed by atoms with Crippen LogP contribution in [-0.2, 0) is 28.9 Å². The summed E-state index contributed by atoms with van der Waals surface area (Å²) in [5, 5.41) is 4.96. The van der Waals surface area contributed by atoms with Crippen LogP contribution in [-0.4, -0.2) is 40.3 Å². The maximum Gasteiger partial charge on any atom is 0.310 e. The predicted octanol–water partition coefficient (Wildman–Crippen LogP) is 3.14. The van der Waals surface area contributed by atoms with Gasteiger partial charge in [-0.1, -0.05) is 18.2 Å². The van der Waals surface area contributed by atoms with E-state index in [1.807, 2.05) is 13.0 Å². The molecule has 0 radical (unpaired) electrons. The second kappa shape index (κ2) is 7.62. The van der Waals surface area contributed by atoms with Crippen molar-refractivity contribution in [2.24, 2.45) is 5.92 Å². The first kappa shape index (κ1) is 17.3. The highest BCUT2D eigenvalue weighted by Gasteiger charge is 2.29. The van der Waals surface area contributed by atoms with Gasteiger partial charge in [0, 0.05) is 18.8 Å². The van der Waals surface area contributed by atoms with Gasteiger partial charge in [0.15, 0.2) is 0 Å². The van der Waals surface area contributed by atoms with E-state index in [1.165, 1.54) is 23.4 Å². The van der Waals surface area contributed by atoms with Crippen LogP contribution in [0.15, 0.2) is 30.3 Å². The number of likely N-dealkylation sites (tertiary alicyclic amines) is 1. The van der Waals surface area contributed by atoms with E-state index in [0.29, 0.717) is 6.61 Å². The second-order valence-electron chi connectivity index (χ2n) is 7.30. The molecule has 2 aliphatic rings. The molecule has 1 aromatic heterocycles. The van der Waals surface area contributed by atoms with Crippen molar-refractivity contribution in [3.63, 3.8) is 0 Å². The van der Waals surface area contributed by atoms with Crippen molar-refractivity contribution in [2.75, 3.05) is 19.7 Å². The van der Waals surface area contributed by atoms with Crippen LogP contribution in [0.25, 0.3) is 5.69 Å². The Hall–Kier alpha value is -2.14. The fourth-order valence-electron chi connectivity index (χ4n) is 4.29. The smallest absolute Gasteiger partial charge is 0.310 e. The molecule has 0 N–H and O–H groups in total. The summed E-state index contributed by atoms with van der Waals surface area (Å²) in [5.41, 5.74) is 5.11. The van der Waals surface area contributed by atoms with Crippen molar-refractivity contribution in [3.8, 4) is 5.69 Å². The van der Waals surface area contributed by atoms with Gasteiger partial charge in [-0.15, -0.1) is 0 Å². The molecule has 0 saturated carbocycles. The molecule has 0 bridgehead atoms. The number of carbonyl (C=O) groups is 1. The first-order valence-corrected chi connectivity index (χ1v) is 9.80. The van der Waals surface area contributed by atoms with Crippen molar-refractivity contribution in [3.05, 3.63) is 47.3 Å². The van der Waals surface area contributed by atoms with Crippen molar-refractivity contribution in [1.29, 1.82) is 0 Å². The van der Waals surface area contributed by atoms with Crippen LogP contribution in [0.5, 0.6) is 0 Å². The standard InChI is InChI=1S/C21H27N3O2/c1-2-26-21(25)16-8-7-13-23(14-16)15-19-18-11-6-12-20(18)24(22-19)17-9-4-3-5-10-17/h3-5,9-10,16H,2,6-8,11-15H2,1H3/t16-/m0/s1. The number of nitrogens with zero attached hydrogens (tertiary/aromatic N) is 3. The molecule has 1 aromatic carbocycles. The molecule has 1 aliphatic heterocycles. The molecule has 5 nitrogen and oxygen atoms in total. The average molecular weight is 353 g/mol. The van der Waals surface area contributed by atoms with Crippen LogP contribution in [0.2, 0.25) is 0 Å². The molecule has 1 aliphatic carbocycles. The minimum atomic E-state index is -0.0442. The van der Waals surface area contributed by atoms with E-state index in [9.17, 15) is 4.79 Å². The average Bonchev–Trinajstić information content (AvgIpc) is 3.27. The molecule has 1 saturated heterocycles. The summed E-state index contributed by atoms with van der Waals surface area (Å²) in [6.45, 7) is 4.98. The van der Waals surface area contributed by atoms with Gasteiger partial charge in [-0.05, 0) is 63.3 Å². The lowest BCUT2D eigenvalue weighted by Gasteiger charge is -2.31. The van der Waals surface area contributed by atoms with E-state index < -0.39 is 0 Å². The summed E-state index contributed by atoms with van der Waals surface area (Å²) in [7, 11) is 0. The fraction of sp³-hybridized carbons (Fsp3) is 0.524. The van der Waals surface area contributed by atoms with Gasteiger partial charge >= 0.3 is 5.97 Å². The minimum Gasteiger partial charge on any atom is -0.466 e. The van der Waals surface area contributed by atoms with E-state index in [0.717, 1.165) is 51.0 Å². The Morgan fingerprint density at radius 1 is 1.23 bits per heavy atom. The fourth-order valence-corrected chi connectivity index (χ4v) is 4.29. The third-order valence-corrected chi connectivity index (χ3v) is 5.51. The van der Waals surface area contributed by atoms with Gasteiger partial charge in [0.25, 0.3) is 0 Å². The maximum absolute atomic E-state index is 12.1. The first-order chi connectivity index (χ1) is 12.8. The SMILES string of the molecule is CCOC(=O)[C@H]1CCCN(Cc2nn(-c3ccccc3)c3c2CCC3)C1. The van der Waals surface area contributed by atoms with Gasteiger partial charge in [-0.3, -0.25) is 9.69 Å². The zero-order valence-electron chi connectivity index (χ0n) is 15.5. The maximum atomic E-state index is 12.1. The largest absolute Gasteiger partial charge is 0.466 e. The zero-order valence-corrected chi connectivity index (χ0v) is 15.5. The lowest BCUT2D eigenvalue weighted by Crippen LogP contribution is -2.39. The lowest BCUT2D eigenvalue weighted by molar-refractivity contribution is -0.150.